The van der Waals surface area contributed by atoms with Gasteiger partial charge in [0.1, 0.15) is 0 Å². The minimum Gasteiger partial charge on any atom is -0.330 e. The van der Waals surface area contributed by atoms with E-state index in [1.165, 1.54) is 30.8 Å². The van der Waals surface area contributed by atoms with Gasteiger partial charge in [0, 0.05) is 17.5 Å². The zero-order valence-corrected chi connectivity index (χ0v) is 11.4. The van der Waals surface area contributed by atoms with Gasteiger partial charge in [-0.2, -0.15) is 0 Å². The third-order valence-corrected chi connectivity index (χ3v) is 4.43. The molecule has 2 heterocycles. The number of nitrogens with zero attached hydrogens (tertiary/aromatic N) is 1. The lowest BCUT2D eigenvalue weighted by molar-refractivity contribution is 0.136. The van der Waals surface area contributed by atoms with Gasteiger partial charge < -0.3 is 5.73 Å². The molecular formula is C12H21ClN2S. The van der Waals surface area contributed by atoms with E-state index in [1.807, 2.05) is 11.3 Å². The maximum atomic E-state index is 5.76. The van der Waals surface area contributed by atoms with E-state index in [4.69, 9.17) is 5.73 Å². The van der Waals surface area contributed by atoms with E-state index in [0.29, 0.717) is 12.0 Å². The molecule has 2 rings (SSSR count). The van der Waals surface area contributed by atoms with Crippen molar-refractivity contribution in [3.8, 4) is 0 Å². The second kappa shape index (κ2) is 6.60. The van der Waals surface area contributed by atoms with Crippen LogP contribution in [-0.4, -0.2) is 24.5 Å². The monoisotopic (exact) mass is 260 g/mol. The molecule has 92 valence electrons. The van der Waals surface area contributed by atoms with Gasteiger partial charge in [-0.25, -0.2) is 0 Å². The van der Waals surface area contributed by atoms with Crippen LogP contribution in [0.25, 0.3) is 0 Å². The summed E-state index contributed by atoms with van der Waals surface area (Å²) in [6.07, 6.45) is 2.61. The summed E-state index contributed by atoms with van der Waals surface area (Å²) in [6.45, 7) is 5.56. The highest BCUT2D eigenvalue weighted by Gasteiger charge is 2.23. The van der Waals surface area contributed by atoms with E-state index in [0.717, 1.165) is 6.54 Å². The number of likely N-dealkylation sites (tertiary alicyclic amines) is 1. The van der Waals surface area contributed by atoms with Crippen LogP contribution in [0.4, 0.5) is 0 Å². The molecule has 0 aromatic carbocycles. The number of piperidine rings is 1. The minimum absolute atomic E-state index is 0. The molecule has 2 atom stereocenters. The van der Waals surface area contributed by atoms with Crippen LogP contribution in [0.5, 0.6) is 0 Å². The van der Waals surface area contributed by atoms with Gasteiger partial charge in [-0.15, -0.1) is 23.7 Å². The molecule has 1 aromatic heterocycles. The van der Waals surface area contributed by atoms with Crippen molar-refractivity contribution >= 4 is 23.7 Å². The highest BCUT2D eigenvalue weighted by atomic mass is 35.5. The summed E-state index contributed by atoms with van der Waals surface area (Å²) in [5.74, 6) is 0.709. The van der Waals surface area contributed by atoms with E-state index in [9.17, 15) is 0 Å². The number of halogens is 1. The van der Waals surface area contributed by atoms with Crippen molar-refractivity contribution in [2.45, 2.75) is 25.8 Å². The number of rotatable bonds is 3. The standard InChI is InChI=1S/C12H20N2S.ClH/c1-10(12-5-3-7-15-12)14-6-2-4-11(8-13)9-14;/h3,5,7,10-11H,2,4,6,8-9,13H2,1H3;1H. The van der Waals surface area contributed by atoms with Crippen LogP contribution in [0.15, 0.2) is 17.5 Å². The van der Waals surface area contributed by atoms with Gasteiger partial charge in [-0.1, -0.05) is 6.07 Å². The van der Waals surface area contributed by atoms with Crippen LogP contribution in [-0.2, 0) is 0 Å². The first-order chi connectivity index (χ1) is 7.31. The fourth-order valence-corrected chi connectivity index (χ4v) is 3.17. The lowest BCUT2D eigenvalue weighted by atomic mass is 9.97. The Morgan fingerprint density at radius 3 is 3.06 bits per heavy atom. The summed E-state index contributed by atoms with van der Waals surface area (Å²) in [6, 6.07) is 4.95. The number of nitrogens with two attached hydrogens (primary N) is 1. The molecule has 1 aromatic rings. The molecule has 1 saturated heterocycles. The maximum Gasteiger partial charge on any atom is 0.0413 e. The molecular weight excluding hydrogens is 240 g/mol. The number of thiophene rings is 1. The van der Waals surface area contributed by atoms with Crippen LogP contribution in [0.2, 0.25) is 0 Å². The molecule has 2 N–H and O–H groups in total. The van der Waals surface area contributed by atoms with E-state index in [-0.39, 0.29) is 12.4 Å². The van der Waals surface area contributed by atoms with Crippen molar-refractivity contribution in [1.29, 1.82) is 0 Å². The van der Waals surface area contributed by atoms with E-state index in [2.05, 4.69) is 29.3 Å². The summed E-state index contributed by atoms with van der Waals surface area (Å²) in [5.41, 5.74) is 5.76. The summed E-state index contributed by atoms with van der Waals surface area (Å²) in [4.78, 5) is 4.06. The number of hydrogen-bond acceptors (Lipinski definition) is 3. The molecule has 0 radical (unpaired) electrons. The van der Waals surface area contributed by atoms with Gasteiger partial charge in [0.15, 0.2) is 0 Å². The Morgan fingerprint density at radius 1 is 1.62 bits per heavy atom. The maximum absolute atomic E-state index is 5.76. The van der Waals surface area contributed by atoms with Gasteiger partial charge >= 0.3 is 0 Å². The summed E-state index contributed by atoms with van der Waals surface area (Å²) in [5, 5.41) is 2.16. The van der Waals surface area contributed by atoms with Crippen LogP contribution >= 0.6 is 23.7 Å². The van der Waals surface area contributed by atoms with Crippen molar-refractivity contribution < 1.29 is 0 Å². The van der Waals surface area contributed by atoms with Gasteiger partial charge in [-0.05, 0) is 50.2 Å². The van der Waals surface area contributed by atoms with Crippen LogP contribution in [0.3, 0.4) is 0 Å². The van der Waals surface area contributed by atoms with E-state index < -0.39 is 0 Å². The molecule has 0 bridgehead atoms. The van der Waals surface area contributed by atoms with Gasteiger partial charge in [-0.3, -0.25) is 4.90 Å². The van der Waals surface area contributed by atoms with Crippen LogP contribution in [0.1, 0.15) is 30.7 Å². The fraction of sp³-hybridized carbons (Fsp3) is 0.667. The van der Waals surface area contributed by atoms with E-state index >= 15 is 0 Å². The smallest absolute Gasteiger partial charge is 0.0413 e. The van der Waals surface area contributed by atoms with Crippen LogP contribution in [0, 0.1) is 5.92 Å². The third-order valence-electron chi connectivity index (χ3n) is 3.39. The van der Waals surface area contributed by atoms with Crippen molar-refractivity contribution in [1.82, 2.24) is 4.90 Å². The number of hydrogen-bond donors (Lipinski definition) is 1. The average molecular weight is 261 g/mol. The Hall–Kier alpha value is -0.0900. The quantitative estimate of drug-likeness (QED) is 0.906. The Bertz CT molecular complexity index is 289. The van der Waals surface area contributed by atoms with Gasteiger partial charge in [0.2, 0.25) is 0 Å². The molecule has 0 spiro atoms. The van der Waals surface area contributed by atoms with Crippen molar-refractivity contribution in [3.63, 3.8) is 0 Å². The molecule has 4 heteroatoms. The fourth-order valence-electron chi connectivity index (χ4n) is 2.35. The van der Waals surface area contributed by atoms with Gasteiger partial charge in [0.05, 0.1) is 0 Å². The second-order valence-corrected chi connectivity index (χ2v) is 5.41. The largest absolute Gasteiger partial charge is 0.330 e. The molecule has 0 saturated carbocycles. The van der Waals surface area contributed by atoms with Gasteiger partial charge in [0.25, 0.3) is 0 Å². The second-order valence-electron chi connectivity index (χ2n) is 4.43. The van der Waals surface area contributed by atoms with Crippen molar-refractivity contribution in [2.24, 2.45) is 11.7 Å². The zero-order chi connectivity index (χ0) is 10.7. The highest BCUT2D eigenvalue weighted by molar-refractivity contribution is 7.10. The third kappa shape index (κ3) is 3.20. The Morgan fingerprint density at radius 2 is 2.44 bits per heavy atom. The summed E-state index contributed by atoms with van der Waals surface area (Å²) >= 11 is 1.86. The first-order valence-electron chi connectivity index (χ1n) is 5.78. The lowest BCUT2D eigenvalue weighted by Crippen LogP contribution is -2.39. The van der Waals surface area contributed by atoms with E-state index in [1.54, 1.807) is 0 Å². The molecule has 1 aliphatic rings. The van der Waals surface area contributed by atoms with Crippen LogP contribution < -0.4 is 5.73 Å². The average Bonchev–Trinajstić information content (AvgIpc) is 2.81. The molecule has 0 aliphatic carbocycles. The Labute approximate surface area is 108 Å². The topological polar surface area (TPSA) is 29.3 Å². The van der Waals surface area contributed by atoms with Crippen molar-refractivity contribution in [3.05, 3.63) is 22.4 Å². The normalized spacial score (nSPS) is 23.8. The Balaban J connectivity index is 0.00000128. The molecule has 2 unspecified atom stereocenters. The summed E-state index contributed by atoms with van der Waals surface area (Å²) < 4.78 is 0. The SMILES string of the molecule is CC(c1cccs1)N1CCCC(CN)C1.Cl. The Kier molecular flexibility index (Phi) is 5.76. The molecule has 1 fully saturated rings. The zero-order valence-electron chi connectivity index (χ0n) is 9.76. The lowest BCUT2D eigenvalue weighted by Gasteiger charge is -2.36. The first kappa shape index (κ1) is 14.0. The highest BCUT2D eigenvalue weighted by Crippen LogP contribution is 2.28. The molecule has 2 nitrogen and oxygen atoms in total. The summed E-state index contributed by atoms with van der Waals surface area (Å²) in [7, 11) is 0. The van der Waals surface area contributed by atoms with Crippen molar-refractivity contribution in [2.75, 3.05) is 19.6 Å². The molecule has 0 amide bonds. The molecule has 1 aliphatic heterocycles. The first-order valence-corrected chi connectivity index (χ1v) is 6.66. The predicted octanol–water partition coefficient (Wildman–Crippen LogP) is 2.90. The minimum atomic E-state index is 0. The predicted molar refractivity (Wildman–Crippen MR) is 73.3 cm³/mol. The molecule has 16 heavy (non-hydrogen) atoms.